The third-order valence-electron chi connectivity index (χ3n) is 4.35. The lowest BCUT2D eigenvalue weighted by Crippen LogP contribution is -2.40. The van der Waals surface area contributed by atoms with Crippen molar-refractivity contribution in [1.29, 1.82) is 0 Å². The zero-order valence-corrected chi connectivity index (χ0v) is 18.2. The predicted octanol–water partition coefficient (Wildman–Crippen LogP) is 3.02. The van der Waals surface area contributed by atoms with Gasteiger partial charge in [0.05, 0.1) is 11.2 Å². The molecule has 0 spiro atoms. The molecule has 0 bridgehead atoms. The van der Waals surface area contributed by atoms with Crippen LogP contribution < -0.4 is 16.1 Å². The number of benzene rings is 2. The number of rotatable bonds is 7. The number of nitrogens with one attached hydrogen (secondary N) is 3. The molecule has 3 N–H and O–H groups in total. The fourth-order valence-electron chi connectivity index (χ4n) is 2.87. The van der Waals surface area contributed by atoms with E-state index in [-0.39, 0.29) is 17.9 Å². The van der Waals surface area contributed by atoms with Crippen molar-refractivity contribution in [2.75, 3.05) is 31.0 Å². The number of hydrogen-bond donors (Lipinski definition) is 3. The summed E-state index contributed by atoms with van der Waals surface area (Å²) in [6, 6.07) is 12.4. The molecule has 0 fully saturated rings. The number of aromatic nitrogens is 1. The van der Waals surface area contributed by atoms with Crippen molar-refractivity contribution in [1.82, 2.24) is 9.99 Å². The molecular weight excluding hydrogens is 471 g/mol. The normalized spacial score (nSPS) is 10.7. The van der Waals surface area contributed by atoms with Crippen molar-refractivity contribution in [2.24, 2.45) is 0 Å². The number of hydrogen-bond acceptors (Lipinski definition) is 4. The summed E-state index contributed by atoms with van der Waals surface area (Å²) in [5.74, 6) is -3.05. The zero-order valence-electron chi connectivity index (χ0n) is 16.6. The lowest BCUT2D eigenvalue weighted by Gasteiger charge is -2.13. The second kappa shape index (κ2) is 10.2. The van der Waals surface area contributed by atoms with Gasteiger partial charge in [0.1, 0.15) is 11.5 Å². The molecular formula is C21H20BrFN4O4. The van der Waals surface area contributed by atoms with Crippen molar-refractivity contribution in [2.45, 2.75) is 6.42 Å². The molecule has 0 unspecified atom stereocenters. The summed E-state index contributed by atoms with van der Waals surface area (Å²) < 4.78 is 20.8. The highest BCUT2D eigenvalue weighted by Crippen LogP contribution is 2.24. The minimum atomic E-state index is -0.947. The Kier molecular flexibility index (Phi) is 7.37. The Bertz CT molecular complexity index is 1130. The number of halogens is 2. The van der Waals surface area contributed by atoms with E-state index in [2.05, 4.69) is 32.0 Å². The fraction of sp³-hybridized carbons (Fsp3) is 0.190. The summed E-state index contributed by atoms with van der Waals surface area (Å²) >= 11 is 3.36. The third-order valence-corrected chi connectivity index (χ3v) is 4.84. The van der Waals surface area contributed by atoms with Crippen LogP contribution in [-0.2, 0) is 14.3 Å². The first kappa shape index (κ1) is 22.4. The molecule has 0 atom stereocenters. The van der Waals surface area contributed by atoms with E-state index in [0.717, 1.165) is 4.47 Å². The van der Waals surface area contributed by atoms with E-state index in [9.17, 15) is 18.8 Å². The number of amides is 3. The first-order valence-electron chi connectivity index (χ1n) is 9.35. The molecule has 0 aliphatic heterocycles. The van der Waals surface area contributed by atoms with Crippen LogP contribution in [0.2, 0.25) is 0 Å². The van der Waals surface area contributed by atoms with Crippen molar-refractivity contribution >= 4 is 50.2 Å². The van der Waals surface area contributed by atoms with Crippen LogP contribution in [0, 0.1) is 5.82 Å². The maximum Gasteiger partial charge on any atom is 0.328 e. The first-order chi connectivity index (χ1) is 14.9. The van der Waals surface area contributed by atoms with Gasteiger partial charge in [-0.2, -0.15) is 0 Å². The second-order valence-corrected chi connectivity index (χ2v) is 7.46. The van der Waals surface area contributed by atoms with Gasteiger partial charge in [0, 0.05) is 30.1 Å². The van der Waals surface area contributed by atoms with Gasteiger partial charge in [0.25, 0.3) is 5.91 Å². The van der Waals surface area contributed by atoms with Crippen LogP contribution in [0.3, 0.4) is 0 Å². The topological polar surface area (TPSA) is 101 Å². The molecule has 1 heterocycles. The van der Waals surface area contributed by atoms with Crippen LogP contribution in [0.15, 0.2) is 53.0 Å². The Balaban J connectivity index is 1.87. The van der Waals surface area contributed by atoms with Crippen LogP contribution in [0.1, 0.15) is 16.9 Å². The van der Waals surface area contributed by atoms with Crippen LogP contribution in [-0.4, -0.2) is 42.7 Å². The van der Waals surface area contributed by atoms with Crippen LogP contribution in [0.5, 0.6) is 0 Å². The minimum absolute atomic E-state index is 0.00676. The van der Waals surface area contributed by atoms with Crippen molar-refractivity contribution in [3.8, 4) is 0 Å². The average molecular weight is 491 g/mol. The second-order valence-electron chi connectivity index (χ2n) is 6.55. The molecule has 3 amide bonds. The van der Waals surface area contributed by atoms with E-state index in [1.54, 1.807) is 24.3 Å². The quantitative estimate of drug-likeness (QED) is 0.350. The van der Waals surface area contributed by atoms with Crippen LogP contribution >= 0.6 is 15.9 Å². The summed E-state index contributed by atoms with van der Waals surface area (Å²) in [5.41, 5.74) is 2.95. The summed E-state index contributed by atoms with van der Waals surface area (Å²) in [6.07, 6.45) is 0.548. The summed E-state index contributed by atoms with van der Waals surface area (Å²) in [7, 11) is 1.54. The number of methoxy groups -OCH3 is 1. The highest BCUT2D eigenvalue weighted by Gasteiger charge is 2.21. The Morgan fingerprint density at radius 1 is 1.10 bits per heavy atom. The van der Waals surface area contributed by atoms with E-state index < -0.39 is 23.5 Å². The van der Waals surface area contributed by atoms with Crippen molar-refractivity contribution in [3.63, 3.8) is 0 Å². The maximum atomic E-state index is 14.0. The minimum Gasteiger partial charge on any atom is -0.385 e. The summed E-state index contributed by atoms with van der Waals surface area (Å²) in [5, 5.41) is 5.60. The van der Waals surface area contributed by atoms with Gasteiger partial charge in [-0.1, -0.05) is 28.1 Å². The number of anilines is 1. The molecule has 8 nitrogen and oxygen atoms in total. The molecule has 1 aromatic heterocycles. The van der Waals surface area contributed by atoms with Gasteiger partial charge in [0.15, 0.2) is 0 Å². The van der Waals surface area contributed by atoms with E-state index in [1.165, 1.54) is 36.1 Å². The molecule has 3 aromatic rings. The van der Waals surface area contributed by atoms with Gasteiger partial charge in [-0.25, -0.2) is 9.07 Å². The van der Waals surface area contributed by atoms with Crippen molar-refractivity contribution < 1.29 is 23.5 Å². The lowest BCUT2D eigenvalue weighted by atomic mass is 10.2. The summed E-state index contributed by atoms with van der Waals surface area (Å²) in [4.78, 5) is 37.4. The molecule has 0 aliphatic carbocycles. The molecule has 162 valence electrons. The molecule has 0 saturated carbocycles. The molecule has 10 heteroatoms. The zero-order chi connectivity index (χ0) is 22.4. The monoisotopic (exact) mass is 490 g/mol. The van der Waals surface area contributed by atoms with Gasteiger partial charge in [-0.3, -0.25) is 19.8 Å². The molecule has 2 aromatic carbocycles. The molecule has 0 saturated heterocycles. The number of nitrogens with zero attached hydrogens (tertiary/aromatic N) is 1. The Morgan fingerprint density at radius 2 is 1.87 bits per heavy atom. The Labute approximate surface area is 185 Å². The summed E-state index contributed by atoms with van der Waals surface area (Å²) in [6.45, 7) is 0.708. The molecule has 3 rings (SSSR count). The predicted molar refractivity (Wildman–Crippen MR) is 118 cm³/mol. The van der Waals surface area contributed by atoms with E-state index in [4.69, 9.17) is 4.74 Å². The fourth-order valence-corrected chi connectivity index (χ4v) is 3.25. The Morgan fingerprint density at radius 3 is 2.61 bits per heavy atom. The van der Waals surface area contributed by atoms with Crippen molar-refractivity contribution in [3.05, 3.63) is 64.5 Å². The van der Waals surface area contributed by atoms with Gasteiger partial charge in [-0.05, 0) is 42.8 Å². The van der Waals surface area contributed by atoms with Gasteiger partial charge < -0.3 is 15.4 Å². The standard InChI is InChI=1S/C21H20BrFN4O4/c1-31-10-4-9-24-20(29)21(30)26-27-17-8-7-14(22)11-13(17)12-18(27)19(28)25-16-6-3-2-5-15(16)23/h2-3,5-8,11-12H,4,9-10H2,1H3,(H,24,29)(H,25,28)(H,26,30). The molecule has 31 heavy (non-hydrogen) atoms. The van der Waals surface area contributed by atoms with E-state index in [1.807, 2.05) is 0 Å². The number of ether oxygens (including phenoxy) is 1. The number of carbonyl (C=O) groups is 3. The van der Waals surface area contributed by atoms with Crippen LogP contribution in [0.4, 0.5) is 10.1 Å². The largest absolute Gasteiger partial charge is 0.385 e. The molecule has 0 radical (unpaired) electrons. The van der Waals surface area contributed by atoms with E-state index in [0.29, 0.717) is 23.9 Å². The number of fused-ring (bicyclic) bond motifs is 1. The van der Waals surface area contributed by atoms with E-state index >= 15 is 0 Å². The number of carbonyl (C=O) groups excluding carboxylic acids is 3. The average Bonchev–Trinajstić information content (AvgIpc) is 3.10. The SMILES string of the molecule is COCCCNC(=O)C(=O)Nn1c(C(=O)Nc2ccccc2F)cc2cc(Br)ccc21. The molecule has 0 aliphatic rings. The maximum absolute atomic E-state index is 14.0. The number of para-hydroxylation sites is 1. The Hall–Kier alpha value is -3.24. The van der Waals surface area contributed by atoms with Crippen LogP contribution in [0.25, 0.3) is 10.9 Å². The smallest absolute Gasteiger partial charge is 0.328 e. The highest BCUT2D eigenvalue weighted by atomic mass is 79.9. The van der Waals surface area contributed by atoms with Gasteiger partial charge in [-0.15, -0.1) is 0 Å². The van der Waals surface area contributed by atoms with Gasteiger partial charge >= 0.3 is 11.8 Å². The third kappa shape index (κ3) is 5.47. The lowest BCUT2D eigenvalue weighted by molar-refractivity contribution is -0.136. The van der Waals surface area contributed by atoms with Gasteiger partial charge in [0.2, 0.25) is 0 Å². The first-order valence-corrected chi connectivity index (χ1v) is 10.1. The highest BCUT2D eigenvalue weighted by molar-refractivity contribution is 9.10.